The maximum absolute atomic E-state index is 12.9. The van der Waals surface area contributed by atoms with Gasteiger partial charge < -0.3 is 5.32 Å². The summed E-state index contributed by atoms with van der Waals surface area (Å²) in [6.07, 6.45) is 0. The summed E-state index contributed by atoms with van der Waals surface area (Å²) in [5, 5.41) is 4.41. The lowest BCUT2D eigenvalue weighted by atomic mass is 10.1. The Morgan fingerprint density at radius 2 is 2.06 bits per heavy atom. The fraction of sp³-hybridized carbons (Fsp3) is 0.500. The molecule has 90 valence electrons. The summed E-state index contributed by atoms with van der Waals surface area (Å²) in [4.78, 5) is 0. The van der Waals surface area contributed by atoms with Gasteiger partial charge in [0.25, 0.3) is 0 Å². The van der Waals surface area contributed by atoms with Crippen molar-refractivity contribution in [1.82, 2.24) is 5.32 Å². The van der Waals surface area contributed by atoms with Gasteiger partial charge in [0.2, 0.25) is 0 Å². The molecule has 0 aliphatic rings. The van der Waals surface area contributed by atoms with Gasteiger partial charge in [-0.25, -0.2) is 4.39 Å². The molecule has 0 bridgehead atoms. The van der Waals surface area contributed by atoms with Crippen LogP contribution >= 0.6 is 31.9 Å². The van der Waals surface area contributed by atoms with Crippen LogP contribution in [-0.2, 0) is 6.54 Å². The molecule has 0 saturated carbocycles. The van der Waals surface area contributed by atoms with Crippen molar-refractivity contribution in [1.29, 1.82) is 0 Å². The molecule has 0 fully saturated rings. The largest absolute Gasteiger partial charge is 0.310 e. The predicted molar refractivity (Wildman–Crippen MR) is 73.4 cm³/mol. The van der Waals surface area contributed by atoms with Crippen molar-refractivity contribution in [2.24, 2.45) is 5.92 Å². The Morgan fingerprint density at radius 3 is 2.62 bits per heavy atom. The van der Waals surface area contributed by atoms with E-state index in [1.54, 1.807) is 6.07 Å². The van der Waals surface area contributed by atoms with Gasteiger partial charge >= 0.3 is 0 Å². The fourth-order valence-corrected chi connectivity index (χ4v) is 2.32. The van der Waals surface area contributed by atoms with Crippen LogP contribution < -0.4 is 5.32 Å². The second kappa shape index (κ2) is 6.72. The molecule has 0 saturated heterocycles. The summed E-state index contributed by atoms with van der Waals surface area (Å²) in [6.45, 7) is 5.09. The van der Waals surface area contributed by atoms with Gasteiger partial charge in [-0.15, -0.1) is 0 Å². The Balaban J connectivity index is 2.54. The first-order valence-corrected chi connectivity index (χ1v) is 7.19. The predicted octanol–water partition coefficient (Wildman–Crippen LogP) is 4.10. The quantitative estimate of drug-likeness (QED) is 0.787. The first-order chi connectivity index (χ1) is 7.54. The highest BCUT2D eigenvalue weighted by Gasteiger charge is 2.10. The molecule has 2 unspecified atom stereocenters. The minimum Gasteiger partial charge on any atom is -0.310 e. The van der Waals surface area contributed by atoms with E-state index in [1.807, 2.05) is 0 Å². The fourth-order valence-electron chi connectivity index (χ4n) is 1.27. The topological polar surface area (TPSA) is 12.0 Å². The van der Waals surface area contributed by atoms with Gasteiger partial charge in [-0.2, -0.15) is 0 Å². The molecule has 0 spiro atoms. The molecule has 1 rings (SSSR count). The van der Waals surface area contributed by atoms with Crippen molar-refractivity contribution < 1.29 is 4.39 Å². The van der Waals surface area contributed by atoms with Crippen LogP contribution in [0.4, 0.5) is 4.39 Å². The van der Waals surface area contributed by atoms with Gasteiger partial charge in [0.05, 0.1) is 0 Å². The summed E-state index contributed by atoms with van der Waals surface area (Å²) in [5.41, 5.74) is 1.08. The molecule has 0 radical (unpaired) electrons. The number of benzene rings is 1. The van der Waals surface area contributed by atoms with E-state index in [9.17, 15) is 4.39 Å². The second-order valence-electron chi connectivity index (χ2n) is 4.04. The van der Waals surface area contributed by atoms with Crippen LogP contribution in [0.2, 0.25) is 0 Å². The third kappa shape index (κ3) is 4.15. The standard InChI is InChI=1S/C12H16Br2FN/c1-8(6-13)9(2)16-7-10-3-4-11(15)5-12(10)14/h3-5,8-9,16H,6-7H2,1-2H3. The molecular formula is C12H16Br2FN. The summed E-state index contributed by atoms with van der Waals surface area (Å²) in [6, 6.07) is 5.21. The number of hydrogen-bond acceptors (Lipinski definition) is 1. The van der Waals surface area contributed by atoms with Crippen LogP contribution in [0, 0.1) is 11.7 Å². The number of rotatable bonds is 5. The molecule has 0 aliphatic heterocycles. The third-order valence-corrected chi connectivity index (χ3v) is 4.49. The van der Waals surface area contributed by atoms with Gasteiger partial charge in [0.15, 0.2) is 0 Å². The zero-order chi connectivity index (χ0) is 12.1. The highest BCUT2D eigenvalue weighted by Crippen LogP contribution is 2.18. The zero-order valence-electron chi connectivity index (χ0n) is 9.43. The first kappa shape index (κ1) is 14.1. The molecule has 1 nitrogen and oxygen atoms in total. The van der Waals surface area contributed by atoms with E-state index in [4.69, 9.17) is 0 Å². The Bertz CT molecular complexity index is 344. The monoisotopic (exact) mass is 351 g/mol. The van der Waals surface area contributed by atoms with Crippen LogP contribution in [0.3, 0.4) is 0 Å². The second-order valence-corrected chi connectivity index (χ2v) is 5.54. The van der Waals surface area contributed by atoms with Crippen molar-refractivity contribution in [2.75, 3.05) is 5.33 Å². The van der Waals surface area contributed by atoms with E-state index in [2.05, 4.69) is 51.0 Å². The lowest BCUT2D eigenvalue weighted by Gasteiger charge is -2.19. The van der Waals surface area contributed by atoms with Crippen molar-refractivity contribution in [3.8, 4) is 0 Å². The smallest absolute Gasteiger partial charge is 0.124 e. The van der Waals surface area contributed by atoms with E-state index < -0.39 is 0 Å². The van der Waals surface area contributed by atoms with Gasteiger partial charge in [-0.1, -0.05) is 44.8 Å². The molecule has 4 heteroatoms. The van der Waals surface area contributed by atoms with Crippen LogP contribution in [0.1, 0.15) is 19.4 Å². The maximum Gasteiger partial charge on any atom is 0.124 e. The van der Waals surface area contributed by atoms with Crippen LogP contribution in [0.25, 0.3) is 0 Å². The van der Waals surface area contributed by atoms with Crippen LogP contribution in [0.5, 0.6) is 0 Å². The zero-order valence-corrected chi connectivity index (χ0v) is 12.6. The molecule has 2 atom stereocenters. The Labute approximate surface area is 113 Å². The molecule has 0 amide bonds. The summed E-state index contributed by atoms with van der Waals surface area (Å²) in [5.74, 6) is 0.358. The highest BCUT2D eigenvalue weighted by molar-refractivity contribution is 9.10. The Morgan fingerprint density at radius 1 is 1.38 bits per heavy atom. The summed E-state index contributed by atoms with van der Waals surface area (Å²) >= 11 is 6.83. The molecule has 16 heavy (non-hydrogen) atoms. The summed E-state index contributed by atoms with van der Waals surface area (Å²) < 4.78 is 13.7. The van der Waals surface area contributed by atoms with E-state index >= 15 is 0 Å². The molecular weight excluding hydrogens is 337 g/mol. The van der Waals surface area contributed by atoms with Gasteiger partial charge in [0, 0.05) is 22.4 Å². The molecule has 0 aromatic heterocycles. The number of nitrogens with one attached hydrogen (secondary N) is 1. The van der Waals surface area contributed by atoms with Gasteiger partial charge in [0.1, 0.15) is 5.82 Å². The van der Waals surface area contributed by atoms with Crippen molar-refractivity contribution in [3.05, 3.63) is 34.1 Å². The molecule has 0 aliphatic carbocycles. The van der Waals surface area contributed by atoms with E-state index in [1.165, 1.54) is 12.1 Å². The lowest BCUT2D eigenvalue weighted by molar-refractivity contribution is 0.433. The minimum absolute atomic E-state index is 0.211. The van der Waals surface area contributed by atoms with E-state index in [0.29, 0.717) is 12.0 Å². The first-order valence-electron chi connectivity index (χ1n) is 5.28. The summed E-state index contributed by atoms with van der Waals surface area (Å²) in [7, 11) is 0. The third-order valence-electron chi connectivity index (χ3n) is 2.73. The van der Waals surface area contributed by atoms with E-state index in [-0.39, 0.29) is 5.82 Å². The van der Waals surface area contributed by atoms with Crippen molar-refractivity contribution >= 4 is 31.9 Å². The Kier molecular flexibility index (Phi) is 5.94. The molecule has 1 N–H and O–H groups in total. The average molecular weight is 353 g/mol. The van der Waals surface area contributed by atoms with E-state index in [0.717, 1.165) is 21.9 Å². The molecule has 1 aromatic rings. The van der Waals surface area contributed by atoms with Crippen molar-refractivity contribution in [2.45, 2.75) is 26.4 Å². The number of halogens is 3. The van der Waals surface area contributed by atoms with Gasteiger partial charge in [-0.3, -0.25) is 0 Å². The lowest BCUT2D eigenvalue weighted by Crippen LogP contribution is -2.32. The van der Waals surface area contributed by atoms with Gasteiger partial charge in [-0.05, 0) is 30.5 Å². The molecule has 0 heterocycles. The van der Waals surface area contributed by atoms with Crippen LogP contribution in [-0.4, -0.2) is 11.4 Å². The van der Waals surface area contributed by atoms with Crippen molar-refractivity contribution in [3.63, 3.8) is 0 Å². The average Bonchev–Trinajstić information content (AvgIpc) is 2.26. The molecule has 1 aromatic carbocycles. The minimum atomic E-state index is -0.211. The SMILES string of the molecule is CC(CBr)C(C)NCc1ccc(F)cc1Br. The maximum atomic E-state index is 12.9. The Hall–Kier alpha value is 0.0700. The van der Waals surface area contributed by atoms with Crippen LogP contribution in [0.15, 0.2) is 22.7 Å². The number of alkyl halides is 1. The highest BCUT2D eigenvalue weighted by atomic mass is 79.9. The normalized spacial score (nSPS) is 14.8. The number of hydrogen-bond donors (Lipinski definition) is 1.